The molecule has 1 heterocycles. The average molecular weight is 456 g/mol. The van der Waals surface area contributed by atoms with E-state index in [0.29, 0.717) is 0 Å². The van der Waals surface area contributed by atoms with Gasteiger partial charge in [0.25, 0.3) is 0 Å². The summed E-state index contributed by atoms with van der Waals surface area (Å²) in [4.78, 5) is 0. The Morgan fingerprint density at radius 1 is 0.870 bits per heavy atom. The molecule has 0 fully saturated rings. The molecule has 138 valence electrons. The molecule has 0 unspecified atom stereocenters. The second kappa shape index (κ2) is 8.08. The summed E-state index contributed by atoms with van der Waals surface area (Å²) in [6.45, 7) is 7.85. The molecule has 1 nitrogen and oxygen atoms in total. The monoisotopic (exact) mass is 455 g/mol. The second-order valence-corrected chi connectivity index (χ2v) is 11.2. The van der Waals surface area contributed by atoms with Crippen LogP contribution in [0.3, 0.4) is 0 Å². The molecule has 0 saturated heterocycles. The van der Waals surface area contributed by atoms with E-state index in [9.17, 15) is 16.9 Å². The summed E-state index contributed by atoms with van der Waals surface area (Å²) in [5.41, 5.74) is 2.81. The van der Waals surface area contributed by atoms with E-state index in [1.165, 1.54) is 56.3 Å². The Labute approximate surface area is 136 Å². The summed E-state index contributed by atoms with van der Waals surface area (Å²) >= 11 is -11.2. The van der Waals surface area contributed by atoms with Gasteiger partial charge < -0.3 is 0 Å². The van der Waals surface area contributed by atoms with E-state index in [1.54, 1.807) is 0 Å². The van der Waals surface area contributed by atoms with Crippen LogP contribution in [-0.4, -0.2) is 19.5 Å². The van der Waals surface area contributed by atoms with E-state index in [1.807, 2.05) is 0 Å². The minimum absolute atomic E-state index is 1.18. The van der Waals surface area contributed by atoms with Gasteiger partial charge in [-0.2, -0.15) is 0 Å². The summed E-state index contributed by atoms with van der Waals surface area (Å²) in [5.74, 6) is 0. The van der Waals surface area contributed by atoms with E-state index in [4.69, 9.17) is 0 Å². The number of hydrogen-bond donors (Lipinski definition) is 0. The molecule has 0 aliphatic rings. The van der Waals surface area contributed by atoms with Gasteiger partial charge in [0.1, 0.15) is 6.54 Å². The first-order valence-electron chi connectivity index (χ1n) is 7.72. The van der Waals surface area contributed by atoms with Crippen LogP contribution in [0.5, 0.6) is 0 Å². The maximum atomic E-state index is 9.93. The number of halogens is 6. The average Bonchev–Trinajstić information content (AvgIpc) is 2.35. The van der Waals surface area contributed by atoms with Crippen LogP contribution in [0.1, 0.15) is 56.7 Å². The van der Waals surface area contributed by atoms with E-state index in [-0.39, 0.29) is 0 Å². The molecule has 1 aromatic heterocycles. The third kappa shape index (κ3) is 17.7. The summed E-state index contributed by atoms with van der Waals surface area (Å²) in [6, 6.07) is 4.34. The van der Waals surface area contributed by atoms with Crippen molar-refractivity contribution in [1.29, 1.82) is 0 Å². The molecule has 1 rings (SSSR count). The molecular weight excluding hydrogens is 430 g/mol. The molecular formula is C15H26F6NSb. The van der Waals surface area contributed by atoms with E-state index in [0.717, 1.165) is 0 Å². The van der Waals surface area contributed by atoms with Crippen LogP contribution in [0.2, 0.25) is 0 Å². The van der Waals surface area contributed by atoms with Crippen molar-refractivity contribution in [3.63, 3.8) is 0 Å². The fraction of sp³-hybridized carbons (Fsp3) is 0.667. The number of rotatable bonds is 7. The summed E-state index contributed by atoms with van der Waals surface area (Å²) in [7, 11) is 0. The molecule has 0 amide bonds. The van der Waals surface area contributed by atoms with Gasteiger partial charge in [-0.3, -0.25) is 0 Å². The first-order chi connectivity index (χ1) is 10.2. The Bertz CT molecular complexity index is 472. The SMILES string of the molecule is CCCCCCCC[n+]1cccc(C)c1C.[F][Sb-]([F])([F])([F])([F])[F]. The molecule has 1 aromatic rings. The zero-order valence-corrected chi connectivity index (χ0v) is 16.4. The van der Waals surface area contributed by atoms with Crippen molar-refractivity contribution in [2.24, 2.45) is 0 Å². The Hall–Kier alpha value is -0.452. The van der Waals surface area contributed by atoms with Crippen molar-refractivity contribution in [3.05, 3.63) is 29.6 Å². The van der Waals surface area contributed by atoms with Gasteiger partial charge in [-0.1, -0.05) is 32.6 Å². The first kappa shape index (κ1) is 22.5. The number of hydrogen-bond acceptors (Lipinski definition) is 0. The van der Waals surface area contributed by atoms with E-state index >= 15 is 0 Å². The standard InChI is InChI=1S/C15H26N.6FH.Sb/c1-4-5-6-7-8-9-12-16-13-10-11-14(2)15(16)3;;;;;;;/h10-11,13H,4-9,12H2,1-3H3;6*1H;/q+1;;;;;;;+5/p-6. The molecule has 0 N–H and O–H groups in total. The van der Waals surface area contributed by atoms with Crippen molar-refractivity contribution in [2.75, 3.05) is 0 Å². The number of aryl methyl sites for hydroxylation is 2. The van der Waals surface area contributed by atoms with E-state index < -0.39 is 19.5 Å². The number of pyridine rings is 1. The molecule has 0 spiro atoms. The number of aromatic nitrogens is 1. The van der Waals surface area contributed by atoms with Crippen LogP contribution in [0.15, 0.2) is 18.3 Å². The molecule has 0 aliphatic heterocycles. The normalized spacial score (nSPS) is 14.5. The van der Waals surface area contributed by atoms with Gasteiger partial charge in [0.05, 0.1) is 0 Å². The fourth-order valence-corrected chi connectivity index (χ4v) is 2.05. The summed E-state index contributed by atoms with van der Waals surface area (Å²) in [6.07, 6.45) is 10.4. The Kier molecular flexibility index (Phi) is 7.93. The molecule has 23 heavy (non-hydrogen) atoms. The van der Waals surface area contributed by atoms with Gasteiger partial charge in [-0.05, 0) is 19.4 Å². The predicted octanol–water partition coefficient (Wildman–Crippen LogP) is 6.09. The van der Waals surface area contributed by atoms with Crippen LogP contribution < -0.4 is 4.57 Å². The number of nitrogens with zero attached hydrogens (tertiary/aromatic N) is 1. The van der Waals surface area contributed by atoms with Gasteiger partial charge in [-0.15, -0.1) is 0 Å². The molecule has 0 aromatic carbocycles. The Morgan fingerprint density at radius 3 is 1.87 bits per heavy atom. The van der Waals surface area contributed by atoms with Crippen LogP contribution in [0.4, 0.5) is 16.9 Å². The molecule has 0 bridgehead atoms. The van der Waals surface area contributed by atoms with Gasteiger partial charge in [0, 0.05) is 25.0 Å². The Balaban J connectivity index is 0.000000585. The minimum atomic E-state index is -11.2. The van der Waals surface area contributed by atoms with Crippen LogP contribution >= 0.6 is 0 Å². The van der Waals surface area contributed by atoms with Crippen LogP contribution in [-0.2, 0) is 6.54 Å². The zero-order chi connectivity index (χ0) is 18.2. The molecule has 0 aliphatic carbocycles. The zero-order valence-electron chi connectivity index (χ0n) is 13.8. The first-order valence-corrected chi connectivity index (χ1v) is 13.5. The molecule has 8 heteroatoms. The topological polar surface area (TPSA) is 3.88 Å². The fourth-order valence-electron chi connectivity index (χ4n) is 2.05. The van der Waals surface area contributed by atoms with E-state index in [2.05, 4.69) is 43.7 Å². The van der Waals surface area contributed by atoms with Gasteiger partial charge in [-0.25, -0.2) is 4.57 Å². The van der Waals surface area contributed by atoms with Gasteiger partial charge >= 0.3 is 36.4 Å². The van der Waals surface area contributed by atoms with Crippen molar-refractivity contribution in [1.82, 2.24) is 0 Å². The third-order valence-electron chi connectivity index (χ3n) is 3.37. The molecule has 0 saturated carbocycles. The van der Waals surface area contributed by atoms with Gasteiger partial charge in [0.15, 0.2) is 11.9 Å². The van der Waals surface area contributed by atoms with Crippen LogP contribution in [0.25, 0.3) is 0 Å². The van der Waals surface area contributed by atoms with Gasteiger partial charge in [0.2, 0.25) is 0 Å². The van der Waals surface area contributed by atoms with Crippen LogP contribution in [0, 0.1) is 13.8 Å². The molecule has 0 radical (unpaired) electrons. The second-order valence-electron chi connectivity index (χ2n) is 5.70. The predicted molar refractivity (Wildman–Crippen MR) is 81.9 cm³/mol. The summed E-state index contributed by atoms with van der Waals surface area (Å²) < 4.78 is 61.9. The van der Waals surface area contributed by atoms with Crippen molar-refractivity contribution < 1.29 is 21.4 Å². The maximum absolute atomic E-state index is 11.2. The molecule has 0 atom stereocenters. The van der Waals surface area contributed by atoms with Crippen molar-refractivity contribution >= 4 is 19.5 Å². The number of unbranched alkanes of at least 4 members (excludes halogenated alkanes) is 5. The van der Waals surface area contributed by atoms with Crippen molar-refractivity contribution in [3.8, 4) is 0 Å². The summed E-state index contributed by atoms with van der Waals surface area (Å²) in [5, 5.41) is 0. The van der Waals surface area contributed by atoms with Crippen molar-refractivity contribution in [2.45, 2.75) is 65.8 Å². The Morgan fingerprint density at radius 2 is 1.35 bits per heavy atom. The third-order valence-corrected chi connectivity index (χ3v) is 3.37. The quantitative estimate of drug-likeness (QED) is 0.202.